The summed E-state index contributed by atoms with van der Waals surface area (Å²) in [4.78, 5) is 10.5. The van der Waals surface area contributed by atoms with Gasteiger partial charge >= 0.3 is 0 Å². The summed E-state index contributed by atoms with van der Waals surface area (Å²) in [6.07, 6.45) is 0.631. The highest BCUT2D eigenvalue weighted by Crippen LogP contribution is 2.53. The molecule has 1 aliphatic rings. The Hall–Kier alpha value is -0.550. The molecule has 1 rings (SSSR count). The van der Waals surface area contributed by atoms with Gasteiger partial charge in [0.15, 0.2) is 0 Å². The molecule has 0 aromatic heterocycles. The number of carbonyl (C=O) groups is 1. The Labute approximate surface area is 58.4 Å². The third-order valence-corrected chi connectivity index (χ3v) is 2.27. The smallest absolute Gasteiger partial charge is 0.228 e. The Morgan fingerprint density at radius 3 is 2.67 bits per heavy atom. The number of hydrogen-bond donors (Lipinski definition) is 0. The molecule has 48 valence electrons. The highest BCUT2D eigenvalue weighted by Gasteiger charge is 2.55. The molecular weight excluding hydrogens is 138 g/mol. The van der Waals surface area contributed by atoms with Crippen LogP contribution >= 0.6 is 11.6 Å². The Kier molecular flexibility index (Phi) is 1.25. The van der Waals surface area contributed by atoms with Crippen molar-refractivity contribution in [2.45, 2.75) is 13.3 Å². The van der Waals surface area contributed by atoms with Crippen molar-refractivity contribution in [3.05, 3.63) is 0 Å². The van der Waals surface area contributed by atoms with E-state index in [1.54, 1.807) is 6.92 Å². The van der Waals surface area contributed by atoms with Crippen LogP contribution < -0.4 is 0 Å². The quantitative estimate of drug-likeness (QED) is 0.519. The van der Waals surface area contributed by atoms with Crippen molar-refractivity contribution >= 4 is 16.8 Å². The van der Waals surface area contributed by atoms with Crippen molar-refractivity contribution in [2.75, 3.05) is 0 Å². The third-order valence-electron chi connectivity index (χ3n) is 1.84. The first-order chi connectivity index (χ1) is 4.11. The highest BCUT2D eigenvalue weighted by molar-refractivity contribution is 6.65. The van der Waals surface area contributed by atoms with Crippen LogP contribution in [0.3, 0.4) is 0 Å². The number of halogens is 1. The van der Waals surface area contributed by atoms with Gasteiger partial charge in [0.25, 0.3) is 0 Å². The SMILES string of the molecule is CC1(C(=O)Cl)CC1C#N. The van der Waals surface area contributed by atoms with E-state index in [2.05, 4.69) is 0 Å². The summed E-state index contributed by atoms with van der Waals surface area (Å²) < 4.78 is 0. The summed E-state index contributed by atoms with van der Waals surface area (Å²) >= 11 is 5.20. The highest BCUT2D eigenvalue weighted by atomic mass is 35.5. The minimum absolute atomic E-state index is 0.137. The lowest BCUT2D eigenvalue weighted by atomic mass is 10.1. The van der Waals surface area contributed by atoms with Gasteiger partial charge in [0.05, 0.1) is 17.4 Å². The van der Waals surface area contributed by atoms with E-state index in [-0.39, 0.29) is 11.2 Å². The van der Waals surface area contributed by atoms with Gasteiger partial charge in [0, 0.05) is 0 Å². The Bertz CT molecular complexity index is 196. The molecule has 0 radical (unpaired) electrons. The largest absolute Gasteiger partial charge is 0.281 e. The molecule has 0 aromatic carbocycles. The molecule has 0 amide bonds. The number of nitriles is 1. The molecule has 2 unspecified atom stereocenters. The van der Waals surface area contributed by atoms with Crippen molar-refractivity contribution in [1.29, 1.82) is 5.26 Å². The first kappa shape index (κ1) is 6.57. The van der Waals surface area contributed by atoms with Gasteiger partial charge in [-0.25, -0.2) is 0 Å². The second-order valence-corrected chi connectivity index (χ2v) is 2.92. The van der Waals surface area contributed by atoms with Crippen molar-refractivity contribution in [2.24, 2.45) is 11.3 Å². The number of hydrogen-bond acceptors (Lipinski definition) is 2. The summed E-state index contributed by atoms with van der Waals surface area (Å²) in [5.74, 6) is -0.137. The minimum atomic E-state index is -0.518. The zero-order valence-corrected chi connectivity index (χ0v) is 5.77. The normalized spacial score (nSPS) is 39.4. The van der Waals surface area contributed by atoms with Gasteiger partial charge in [0.2, 0.25) is 5.24 Å². The van der Waals surface area contributed by atoms with E-state index in [9.17, 15) is 4.79 Å². The monoisotopic (exact) mass is 143 g/mol. The van der Waals surface area contributed by atoms with Crippen LogP contribution in [0.2, 0.25) is 0 Å². The molecule has 0 heterocycles. The number of rotatable bonds is 1. The van der Waals surface area contributed by atoms with Crippen LogP contribution in [0.1, 0.15) is 13.3 Å². The van der Waals surface area contributed by atoms with Crippen molar-refractivity contribution in [1.82, 2.24) is 0 Å². The molecule has 0 bridgehead atoms. The molecule has 3 heteroatoms. The summed E-state index contributed by atoms with van der Waals surface area (Å²) in [6.45, 7) is 1.72. The third kappa shape index (κ3) is 0.818. The zero-order chi connectivity index (χ0) is 7.07. The first-order valence-corrected chi connectivity index (χ1v) is 3.08. The standard InChI is InChI=1S/C6H6ClNO/c1-6(5(7)9)2-4(6)3-8/h4H,2H2,1H3. The molecule has 9 heavy (non-hydrogen) atoms. The van der Waals surface area contributed by atoms with Gasteiger partial charge in [-0.2, -0.15) is 5.26 Å². The molecule has 2 atom stereocenters. The molecule has 0 aromatic rings. The number of nitrogens with zero attached hydrogens (tertiary/aromatic N) is 1. The number of carbonyl (C=O) groups excluding carboxylic acids is 1. The van der Waals surface area contributed by atoms with Gasteiger partial charge in [-0.15, -0.1) is 0 Å². The van der Waals surface area contributed by atoms with Gasteiger partial charge in [-0.1, -0.05) is 6.92 Å². The molecule has 1 saturated carbocycles. The van der Waals surface area contributed by atoms with Crippen molar-refractivity contribution < 1.29 is 4.79 Å². The van der Waals surface area contributed by atoms with E-state index in [0.717, 1.165) is 0 Å². The molecular formula is C6H6ClNO. The average Bonchev–Trinajstić information content (AvgIpc) is 2.44. The molecule has 0 N–H and O–H groups in total. The van der Waals surface area contributed by atoms with E-state index < -0.39 is 5.41 Å². The van der Waals surface area contributed by atoms with Crippen molar-refractivity contribution in [3.63, 3.8) is 0 Å². The Morgan fingerprint density at radius 1 is 2.00 bits per heavy atom. The summed E-state index contributed by atoms with van der Waals surface area (Å²) in [7, 11) is 0. The van der Waals surface area contributed by atoms with E-state index in [4.69, 9.17) is 16.9 Å². The predicted octanol–water partition coefficient (Wildman–Crippen LogP) is 1.30. The van der Waals surface area contributed by atoms with Gasteiger partial charge in [-0.3, -0.25) is 4.79 Å². The minimum Gasteiger partial charge on any atom is -0.281 e. The zero-order valence-electron chi connectivity index (χ0n) is 5.02. The molecule has 0 saturated heterocycles. The topological polar surface area (TPSA) is 40.9 Å². The lowest BCUT2D eigenvalue weighted by molar-refractivity contribution is -0.116. The summed E-state index contributed by atoms with van der Waals surface area (Å²) in [5, 5.41) is 7.95. The summed E-state index contributed by atoms with van der Waals surface area (Å²) in [5.41, 5.74) is -0.518. The molecule has 0 spiro atoms. The first-order valence-electron chi connectivity index (χ1n) is 2.71. The van der Waals surface area contributed by atoms with Gasteiger partial charge < -0.3 is 0 Å². The maximum Gasteiger partial charge on any atom is 0.228 e. The van der Waals surface area contributed by atoms with Crippen LogP contribution in [0.4, 0.5) is 0 Å². The van der Waals surface area contributed by atoms with Crippen LogP contribution in [-0.2, 0) is 4.79 Å². The average molecular weight is 144 g/mol. The van der Waals surface area contributed by atoms with Gasteiger partial charge in [0.1, 0.15) is 0 Å². The lowest BCUT2D eigenvalue weighted by Gasteiger charge is -1.96. The fraction of sp³-hybridized carbons (Fsp3) is 0.667. The predicted molar refractivity (Wildman–Crippen MR) is 32.7 cm³/mol. The van der Waals surface area contributed by atoms with Crippen LogP contribution in [0.25, 0.3) is 0 Å². The maximum atomic E-state index is 10.5. The fourth-order valence-electron chi connectivity index (χ4n) is 0.770. The van der Waals surface area contributed by atoms with Crippen LogP contribution in [0, 0.1) is 22.7 Å². The van der Waals surface area contributed by atoms with Crippen molar-refractivity contribution in [3.8, 4) is 6.07 Å². The van der Waals surface area contributed by atoms with Crippen LogP contribution in [0.5, 0.6) is 0 Å². The molecule has 1 fully saturated rings. The molecule has 0 aliphatic heterocycles. The van der Waals surface area contributed by atoms with Gasteiger partial charge in [-0.05, 0) is 18.0 Å². The van der Waals surface area contributed by atoms with E-state index in [0.29, 0.717) is 6.42 Å². The fourth-order valence-corrected chi connectivity index (χ4v) is 0.979. The van der Waals surface area contributed by atoms with E-state index >= 15 is 0 Å². The second kappa shape index (κ2) is 1.71. The van der Waals surface area contributed by atoms with E-state index in [1.165, 1.54) is 0 Å². The maximum absolute atomic E-state index is 10.5. The Morgan fingerprint density at radius 2 is 2.56 bits per heavy atom. The van der Waals surface area contributed by atoms with Crippen LogP contribution in [0.15, 0.2) is 0 Å². The molecule has 2 nitrogen and oxygen atoms in total. The van der Waals surface area contributed by atoms with E-state index in [1.807, 2.05) is 6.07 Å². The molecule has 1 aliphatic carbocycles. The lowest BCUT2D eigenvalue weighted by Crippen LogP contribution is -2.05. The Balaban J connectivity index is 2.65. The van der Waals surface area contributed by atoms with Crippen LogP contribution in [-0.4, -0.2) is 5.24 Å². The summed E-state index contributed by atoms with van der Waals surface area (Å²) in [6, 6.07) is 2.01. The second-order valence-electron chi connectivity index (χ2n) is 2.58.